The van der Waals surface area contributed by atoms with Crippen LogP contribution in [0.5, 0.6) is 0 Å². The molecule has 3 rings (SSSR count). The van der Waals surface area contributed by atoms with Crippen LogP contribution < -0.4 is 5.32 Å². The second-order valence-corrected chi connectivity index (χ2v) is 4.75. The molecule has 2 aromatic heterocycles. The number of hydrogen-bond acceptors (Lipinski definition) is 3. The Morgan fingerprint density at radius 1 is 1.33 bits per heavy atom. The van der Waals surface area contributed by atoms with E-state index in [-0.39, 0.29) is 5.82 Å². The molecule has 1 aliphatic heterocycles. The van der Waals surface area contributed by atoms with Gasteiger partial charge in [-0.05, 0) is 19.1 Å². The van der Waals surface area contributed by atoms with Crippen molar-refractivity contribution in [3.05, 3.63) is 35.5 Å². The zero-order chi connectivity index (χ0) is 12.5. The number of aromatic nitrogens is 2. The van der Waals surface area contributed by atoms with Crippen molar-refractivity contribution in [2.75, 3.05) is 26.2 Å². The fourth-order valence-corrected chi connectivity index (χ4v) is 2.46. The van der Waals surface area contributed by atoms with Gasteiger partial charge in [-0.3, -0.25) is 9.30 Å². The average Bonchev–Trinajstić information content (AvgIpc) is 2.67. The number of pyridine rings is 1. The molecule has 0 saturated carbocycles. The SMILES string of the molecule is Cc1nc2ccc(F)cn2c1CN1CCNCC1. The van der Waals surface area contributed by atoms with Crippen LogP contribution in [0.2, 0.25) is 0 Å². The van der Waals surface area contributed by atoms with Crippen LogP contribution in [0.1, 0.15) is 11.4 Å². The largest absolute Gasteiger partial charge is 0.314 e. The van der Waals surface area contributed by atoms with Crippen molar-refractivity contribution in [2.24, 2.45) is 0 Å². The smallest absolute Gasteiger partial charge is 0.139 e. The van der Waals surface area contributed by atoms with Crippen LogP contribution in [0.25, 0.3) is 5.65 Å². The molecule has 0 aromatic carbocycles. The van der Waals surface area contributed by atoms with Crippen molar-refractivity contribution in [2.45, 2.75) is 13.5 Å². The Morgan fingerprint density at radius 2 is 2.11 bits per heavy atom. The average molecular weight is 248 g/mol. The Hall–Kier alpha value is -1.46. The molecule has 0 unspecified atom stereocenters. The highest BCUT2D eigenvalue weighted by Crippen LogP contribution is 2.15. The van der Waals surface area contributed by atoms with Gasteiger partial charge in [-0.1, -0.05) is 0 Å². The molecule has 96 valence electrons. The van der Waals surface area contributed by atoms with E-state index in [1.54, 1.807) is 6.07 Å². The van der Waals surface area contributed by atoms with Gasteiger partial charge in [0.1, 0.15) is 11.5 Å². The number of imidazole rings is 1. The molecule has 0 spiro atoms. The molecule has 1 aliphatic rings. The summed E-state index contributed by atoms with van der Waals surface area (Å²) in [5.74, 6) is -0.221. The third kappa shape index (κ3) is 2.11. The number of halogens is 1. The summed E-state index contributed by atoms with van der Waals surface area (Å²) in [6.07, 6.45) is 1.52. The van der Waals surface area contributed by atoms with Crippen LogP contribution in [-0.4, -0.2) is 40.5 Å². The van der Waals surface area contributed by atoms with Gasteiger partial charge in [0, 0.05) is 38.9 Å². The third-order valence-corrected chi connectivity index (χ3v) is 3.46. The minimum absolute atomic E-state index is 0.221. The van der Waals surface area contributed by atoms with Crippen LogP contribution in [0.15, 0.2) is 18.3 Å². The summed E-state index contributed by atoms with van der Waals surface area (Å²) in [7, 11) is 0. The van der Waals surface area contributed by atoms with Crippen molar-refractivity contribution in [3.63, 3.8) is 0 Å². The monoisotopic (exact) mass is 248 g/mol. The Labute approximate surface area is 105 Å². The van der Waals surface area contributed by atoms with Gasteiger partial charge < -0.3 is 5.32 Å². The van der Waals surface area contributed by atoms with Crippen molar-refractivity contribution in [1.82, 2.24) is 19.6 Å². The summed E-state index contributed by atoms with van der Waals surface area (Å²) in [5, 5.41) is 3.33. The van der Waals surface area contributed by atoms with E-state index in [9.17, 15) is 4.39 Å². The van der Waals surface area contributed by atoms with Crippen molar-refractivity contribution in [3.8, 4) is 0 Å². The molecule has 0 atom stereocenters. The van der Waals surface area contributed by atoms with Gasteiger partial charge in [-0.25, -0.2) is 9.37 Å². The number of nitrogens with one attached hydrogen (secondary N) is 1. The van der Waals surface area contributed by atoms with E-state index >= 15 is 0 Å². The fraction of sp³-hybridized carbons (Fsp3) is 0.462. The number of fused-ring (bicyclic) bond motifs is 1. The molecular formula is C13H17FN4. The molecule has 0 bridgehead atoms. The molecule has 0 radical (unpaired) electrons. The molecule has 18 heavy (non-hydrogen) atoms. The van der Waals surface area contributed by atoms with E-state index in [1.165, 1.54) is 12.3 Å². The predicted octanol–water partition coefficient (Wildman–Crippen LogP) is 1.19. The molecule has 3 heterocycles. The molecule has 1 fully saturated rings. The van der Waals surface area contributed by atoms with Crippen molar-refractivity contribution >= 4 is 5.65 Å². The number of aryl methyl sites for hydroxylation is 1. The number of hydrogen-bond donors (Lipinski definition) is 1. The quantitative estimate of drug-likeness (QED) is 0.866. The molecule has 1 N–H and O–H groups in total. The lowest BCUT2D eigenvalue weighted by atomic mass is 10.3. The van der Waals surface area contributed by atoms with E-state index in [4.69, 9.17) is 0 Å². The van der Waals surface area contributed by atoms with Gasteiger partial charge in [0.25, 0.3) is 0 Å². The standard InChI is InChI=1S/C13H17FN4/c1-10-12(9-17-6-4-15-5-7-17)18-8-11(14)2-3-13(18)16-10/h2-3,8,15H,4-7,9H2,1H3. The maximum Gasteiger partial charge on any atom is 0.139 e. The highest BCUT2D eigenvalue weighted by molar-refractivity contribution is 5.43. The van der Waals surface area contributed by atoms with Gasteiger partial charge >= 0.3 is 0 Å². The summed E-state index contributed by atoms with van der Waals surface area (Å²) in [4.78, 5) is 6.85. The first kappa shape index (κ1) is 11.6. The maximum atomic E-state index is 13.3. The Kier molecular flexibility index (Phi) is 3.01. The lowest BCUT2D eigenvalue weighted by Gasteiger charge is -2.27. The fourth-order valence-electron chi connectivity index (χ4n) is 2.46. The summed E-state index contributed by atoms with van der Waals surface area (Å²) in [6, 6.07) is 3.18. The van der Waals surface area contributed by atoms with Gasteiger partial charge in [0.05, 0.1) is 11.4 Å². The number of piperazine rings is 1. The highest BCUT2D eigenvalue weighted by Gasteiger charge is 2.15. The van der Waals surface area contributed by atoms with Crippen LogP contribution in [0, 0.1) is 12.7 Å². The van der Waals surface area contributed by atoms with Crippen LogP contribution in [0.4, 0.5) is 4.39 Å². The van der Waals surface area contributed by atoms with E-state index in [2.05, 4.69) is 15.2 Å². The van der Waals surface area contributed by atoms with Gasteiger partial charge in [-0.2, -0.15) is 0 Å². The lowest BCUT2D eigenvalue weighted by Crippen LogP contribution is -2.43. The first-order valence-corrected chi connectivity index (χ1v) is 6.30. The molecule has 1 saturated heterocycles. The van der Waals surface area contributed by atoms with Crippen LogP contribution >= 0.6 is 0 Å². The van der Waals surface area contributed by atoms with Crippen LogP contribution in [0.3, 0.4) is 0 Å². The van der Waals surface area contributed by atoms with Crippen molar-refractivity contribution in [1.29, 1.82) is 0 Å². The minimum Gasteiger partial charge on any atom is -0.314 e. The summed E-state index contributed by atoms with van der Waals surface area (Å²) >= 11 is 0. The van der Waals surface area contributed by atoms with E-state index in [0.29, 0.717) is 0 Å². The number of rotatable bonds is 2. The summed E-state index contributed by atoms with van der Waals surface area (Å²) in [6.45, 7) is 6.92. The molecule has 0 amide bonds. The predicted molar refractivity (Wildman–Crippen MR) is 68.0 cm³/mol. The Balaban J connectivity index is 1.94. The maximum absolute atomic E-state index is 13.3. The summed E-state index contributed by atoms with van der Waals surface area (Å²) in [5.41, 5.74) is 2.89. The van der Waals surface area contributed by atoms with E-state index in [1.807, 2.05) is 11.3 Å². The molecule has 5 heteroatoms. The zero-order valence-corrected chi connectivity index (χ0v) is 10.5. The summed E-state index contributed by atoms with van der Waals surface area (Å²) < 4.78 is 15.2. The van der Waals surface area contributed by atoms with E-state index < -0.39 is 0 Å². The molecular weight excluding hydrogens is 231 g/mol. The molecule has 4 nitrogen and oxygen atoms in total. The van der Waals surface area contributed by atoms with Gasteiger partial charge in [0.15, 0.2) is 0 Å². The highest BCUT2D eigenvalue weighted by atomic mass is 19.1. The van der Waals surface area contributed by atoms with Crippen LogP contribution in [-0.2, 0) is 6.54 Å². The lowest BCUT2D eigenvalue weighted by molar-refractivity contribution is 0.229. The topological polar surface area (TPSA) is 32.6 Å². The second kappa shape index (κ2) is 4.66. The van der Waals surface area contributed by atoms with Gasteiger partial charge in [-0.15, -0.1) is 0 Å². The minimum atomic E-state index is -0.221. The Bertz CT molecular complexity index is 557. The first-order valence-electron chi connectivity index (χ1n) is 6.30. The second-order valence-electron chi connectivity index (χ2n) is 4.75. The number of nitrogens with zero attached hydrogens (tertiary/aromatic N) is 3. The Morgan fingerprint density at radius 3 is 2.89 bits per heavy atom. The molecule has 2 aromatic rings. The van der Waals surface area contributed by atoms with Crippen molar-refractivity contribution < 1.29 is 4.39 Å². The third-order valence-electron chi connectivity index (χ3n) is 3.46. The first-order chi connectivity index (χ1) is 8.74. The molecule has 0 aliphatic carbocycles. The normalized spacial score (nSPS) is 17.4. The van der Waals surface area contributed by atoms with Gasteiger partial charge in [0.2, 0.25) is 0 Å². The van der Waals surface area contributed by atoms with E-state index in [0.717, 1.165) is 49.8 Å². The zero-order valence-electron chi connectivity index (χ0n) is 10.5.